The first-order valence-electron chi connectivity index (χ1n) is 5.06. The maximum absolute atomic E-state index is 13.0. The Morgan fingerprint density at radius 3 is 2.95 bits per heavy atom. The highest BCUT2D eigenvalue weighted by molar-refractivity contribution is 6.32. The van der Waals surface area contributed by atoms with Crippen molar-refractivity contribution < 1.29 is 19.0 Å². The second kappa shape index (κ2) is 5.48. The van der Waals surface area contributed by atoms with Gasteiger partial charge in [-0.25, -0.2) is 14.0 Å². The third-order valence-corrected chi connectivity index (χ3v) is 2.20. The molecule has 19 heavy (non-hydrogen) atoms. The lowest BCUT2D eigenvalue weighted by molar-refractivity contribution is 0.233. The zero-order chi connectivity index (χ0) is 13.8. The first-order chi connectivity index (χ1) is 9.15. The number of ether oxygens (including phenoxy) is 1. The van der Waals surface area contributed by atoms with Crippen molar-refractivity contribution >= 4 is 24.8 Å². The molecule has 0 saturated carbocycles. The molecule has 9 heteroatoms. The van der Waals surface area contributed by atoms with Gasteiger partial charge in [0.15, 0.2) is 5.84 Å². The highest BCUT2D eigenvalue weighted by atomic mass is 19.1. The molecule has 2 radical (unpaired) electrons. The molecule has 96 valence electrons. The fraction of sp³-hybridized carbons (Fsp3) is 0.100. The van der Waals surface area contributed by atoms with Gasteiger partial charge >= 0.3 is 0 Å². The molecule has 0 fully saturated rings. The summed E-state index contributed by atoms with van der Waals surface area (Å²) in [5, 5.41) is 16.0. The van der Waals surface area contributed by atoms with Crippen LogP contribution in [0.4, 0.5) is 10.1 Å². The van der Waals surface area contributed by atoms with E-state index in [2.05, 4.69) is 19.9 Å². The van der Waals surface area contributed by atoms with E-state index >= 15 is 0 Å². The molecule has 1 heterocycles. The summed E-state index contributed by atoms with van der Waals surface area (Å²) in [5.74, 6) is -0.599. The van der Waals surface area contributed by atoms with E-state index in [0.29, 0.717) is 5.69 Å². The monoisotopic (exact) mass is 262 g/mol. The van der Waals surface area contributed by atoms with Gasteiger partial charge in [0.2, 0.25) is 5.69 Å². The van der Waals surface area contributed by atoms with E-state index in [-0.39, 0.29) is 22.9 Å². The Kier molecular flexibility index (Phi) is 3.76. The average Bonchev–Trinajstić information content (AvgIpc) is 2.88. The number of hydrogen-bond acceptors (Lipinski definition) is 6. The number of halogens is 1. The number of nitrogens with zero attached hydrogens (tertiary/aromatic N) is 3. The van der Waals surface area contributed by atoms with Crippen LogP contribution in [0.5, 0.6) is 5.88 Å². The van der Waals surface area contributed by atoms with Gasteiger partial charge in [-0.3, -0.25) is 10.7 Å². The summed E-state index contributed by atoms with van der Waals surface area (Å²) in [5.41, 5.74) is 2.14. The van der Waals surface area contributed by atoms with E-state index in [1.165, 1.54) is 19.2 Å². The second-order valence-electron chi connectivity index (χ2n) is 3.40. The normalized spacial score (nSPS) is 11.4. The number of aromatic nitrogens is 2. The lowest BCUT2D eigenvalue weighted by atomic mass is 9.95. The van der Waals surface area contributed by atoms with Crippen LogP contribution in [0.1, 0.15) is 5.69 Å². The fourth-order valence-corrected chi connectivity index (χ4v) is 1.32. The Balaban J connectivity index is 2.41. The van der Waals surface area contributed by atoms with E-state index in [0.717, 1.165) is 6.07 Å². The van der Waals surface area contributed by atoms with Crippen LogP contribution < -0.4 is 15.7 Å². The fourth-order valence-electron chi connectivity index (χ4n) is 1.32. The lowest BCUT2D eigenvalue weighted by Gasteiger charge is -2.03. The number of benzene rings is 1. The van der Waals surface area contributed by atoms with Gasteiger partial charge in [-0.15, -0.1) is 0 Å². The maximum atomic E-state index is 13.0. The van der Waals surface area contributed by atoms with Crippen LogP contribution in [0.15, 0.2) is 27.8 Å². The van der Waals surface area contributed by atoms with Crippen LogP contribution in [-0.2, 0) is 0 Å². The number of methoxy groups -OCH3 is 1. The quantitative estimate of drug-likeness (QED) is 0.352. The molecule has 7 nitrogen and oxygen atoms in total. The van der Waals surface area contributed by atoms with Crippen LogP contribution in [0.3, 0.4) is 0 Å². The van der Waals surface area contributed by atoms with Crippen LogP contribution in [-0.4, -0.2) is 36.3 Å². The summed E-state index contributed by atoms with van der Waals surface area (Å²) in [4.78, 5) is 4.00. The largest absolute Gasteiger partial charge is 0.477 e. The molecule has 2 rings (SSSR count). The smallest absolute Gasteiger partial charge is 0.287 e. The third kappa shape index (κ3) is 2.71. The SMILES string of the molecule is [B]c1cc(N=C(NO)c2nonc2OC)ccc1F. The minimum absolute atomic E-state index is 0.0374. The van der Waals surface area contributed by atoms with Crippen molar-refractivity contribution in [2.24, 2.45) is 4.99 Å². The predicted molar refractivity (Wildman–Crippen MR) is 63.8 cm³/mol. The zero-order valence-corrected chi connectivity index (χ0v) is 9.79. The predicted octanol–water partition coefficient (Wildman–Crippen LogP) is 0.0682. The summed E-state index contributed by atoms with van der Waals surface area (Å²) in [6.45, 7) is 0. The van der Waals surface area contributed by atoms with Gasteiger partial charge in [-0.05, 0) is 28.5 Å². The average molecular weight is 262 g/mol. The standard InChI is InChI=1S/C10H8BFN4O3/c1-18-10-8(15-19-16-10)9(14-17)13-5-2-3-7(12)6(11)4-5/h2-4,17H,1H3,(H,13,14). The number of hydrogen-bond donors (Lipinski definition) is 2. The van der Waals surface area contributed by atoms with Crippen molar-refractivity contribution in [1.82, 2.24) is 15.8 Å². The lowest BCUT2D eigenvalue weighted by Crippen LogP contribution is -2.21. The van der Waals surface area contributed by atoms with Gasteiger partial charge in [0.1, 0.15) is 13.7 Å². The van der Waals surface area contributed by atoms with Gasteiger partial charge in [0.25, 0.3) is 5.88 Å². The second-order valence-corrected chi connectivity index (χ2v) is 3.40. The molecule has 0 aliphatic carbocycles. The number of aliphatic imine (C=N–C) groups is 1. The van der Waals surface area contributed by atoms with Crippen molar-refractivity contribution in [3.8, 4) is 5.88 Å². The topological polar surface area (TPSA) is 92.8 Å². The Hall–Kier alpha value is -2.42. The molecular weight excluding hydrogens is 254 g/mol. The highest BCUT2D eigenvalue weighted by Gasteiger charge is 2.17. The molecule has 1 aromatic heterocycles. The molecular formula is C10H8BFN4O3. The Morgan fingerprint density at radius 1 is 1.53 bits per heavy atom. The van der Waals surface area contributed by atoms with E-state index in [1.807, 2.05) is 5.48 Å². The van der Waals surface area contributed by atoms with Crippen LogP contribution in [0, 0.1) is 5.82 Å². The molecule has 0 bridgehead atoms. The summed E-state index contributed by atoms with van der Waals surface area (Å²) < 4.78 is 22.3. The number of amidine groups is 1. The van der Waals surface area contributed by atoms with Gasteiger partial charge in [0, 0.05) is 0 Å². The van der Waals surface area contributed by atoms with Crippen molar-refractivity contribution in [3.05, 3.63) is 29.7 Å². The van der Waals surface area contributed by atoms with Crippen molar-refractivity contribution in [3.63, 3.8) is 0 Å². The molecule has 2 N–H and O–H groups in total. The summed E-state index contributed by atoms with van der Waals surface area (Å²) in [6.07, 6.45) is 0. The Labute approximate surface area is 108 Å². The Morgan fingerprint density at radius 2 is 2.32 bits per heavy atom. The van der Waals surface area contributed by atoms with E-state index in [4.69, 9.17) is 17.8 Å². The first-order valence-corrected chi connectivity index (χ1v) is 5.06. The molecule has 0 atom stereocenters. The van der Waals surface area contributed by atoms with Crippen LogP contribution in [0.25, 0.3) is 0 Å². The zero-order valence-electron chi connectivity index (χ0n) is 9.79. The number of hydroxylamine groups is 1. The molecule has 0 aliphatic rings. The molecule has 0 saturated heterocycles. The summed E-state index contributed by atoms with van der Waals surface area (Å²) in [6, 6.07) is 3.83. The molecule has 0 aliphatic heterocycles. The van der Waals surface area contributed by atoms with Crippen LogP contribution >= 0.6 is 0 Å². The molecule has 0 unspecified atom stereocenters. The van der Waals surface area contributed by atoms with Gasteiger partial charge in [-0.2, -0.15) is 0 Å². The van der Waals surface area contributed by atoms with Gasteiger partial charge in [0.05, 0.1) is 12.8 Å². The van der Waals surface area contributed by atoms with E-state index in [1.54, 1.807) is 0 Å². The van der Waals surface area contributed by atoms with Gasteiger partial charge < -0.3 is 4.74 Å². The van der Waals surface area contributed by atoms with Crippen molar-refractivity contribution in [2.75, 3.05) is 7.11 Å². The third-order valence-electron chi connectivity index (χ3n) is 2.20. The first kappa shape index (κ1) is 13.0. The molecule has 0 spiro atoms. The molecule has 1 aromatic carbocycles. The minimum Gasteiger partial charge on any atom is -0.477 e. The summed E-state index contributed by atoms with van der Waals surface area (Å²) >= 11 is 0. The maximum Gasteiger partial charge on any atom is 0.287 e. The summed E-state index contributed by atoms with van der Waals surface area (Å²) in [7, 11) is 6.77. The van der Waals surface area contributed by atoms with Crippen molar-refractivity contribution in [1.29, 1.82) is 0 Å². The molecule has 0 amide bonds. The minimum atomic E-state index is -0.557. The van der Waals surface area contributed by atoms with E-state index in [9.17, 15) is 4.39 Å². The van der Waals surface area contributed by atoms with Gasteiger partial charge in [-0.1, -0.05) is 5.46 Å². The Bertz CT molecular complexity index is 617. The molecule has 2 aromatic rings. The highest BCUT2D eigenvalue weighted by Crippen LogP contribution is 2.16. The van der Waals surface area contributed by atoms with E-state index < -0.39 is 5.82 Å². The number of rotatable bonds is 3. The van der Waals surface area contributed by atoms with Crippen LogP contribution in [0.2, 0.25) is 0 Å². The van der Waals surface area contributed by atoms with Crippen molar-refractivity contribution in [2.45, 2.75) is 0 Å². The number of nitrogens with one attached hydrogen (secondary N) is 1.